The first kappa shape index (κ1) is 14.3. The van der Waals surface area contributed by atoms with E-state index in [0.717, 1.165) is 19.5 Å². The van der Waals surface area contributed by atoms with Crippen LogP contribution in [-0.4, -0.2) is 23.1 Å². The molecule has 3 heterocycles. The first-order valence-corrected chi connectivity index (χ1v) is 9.45. The van der Waals surface area contributed by atoms with Crippen LogP contribution >= 0.6 is 11.3 Å². The number of aromatic nitrogens is 2. The Labute approximate surface area is 145 Å². The van der Waals surface area contributed by atoms with Gasteiger partial charge in [-0.1, -0.05) is 24.3 Å². The number of nitrogens with one attached hydrogen (secondary N) is 1. The highest BCUT2D eigenvalue weighted by Crippen LogP contribution is 2.44. The molecule has 0 saturated carbocycles. The van der Waals surface area contributed by atoms with Crippen molar-refractivity contribution in [3.63, 3.8) is 0 Å². The van der Waals surface area contributed by atoms with Crippen LogP contribution in [0.5, 0.6) is 0 Å². The Balaban J connectivity index is 1.58. The van der Waals surface area contributed by atoms with E-state index < -0.39 is 0 Å². The topological polar surface area (TPSA) is 37.8 Å². The van der Waals surface area contributed by atoms with Gasteiger partial charge >= 0.3 is 0 Å². The molecule has 0 radical (unpaired) electrons. The highest BCUT2D eigenvalue weighted by atomic mass is 32.1. The molecule has 1 N–H and O–H groups in total. The van der Waals surface area contributed by atoms with Crippen LogP contribution in [0.4, 0.5) is 0 Å². The van der Waals surface area contributed by atoms with E-state index in [2.05, 4.69) is 46.8 Å². The van der Waals surface area contributed by atoms with E-state index in [0.29, 0.717) is 5.92 Å². The lowest BCUT2D eigenvalue weighted by molar-refractivity contribution is 0.459. The maximum absolute atomic E-state index is 4.77. The van der Waals surface area contributed by atoms with Crippen molar-refractivity contribution in [2.45, 2.75) is 25.2 Å². The average Bonchev–Trinajstić information content (AvgIpc) is 3.27. The first-order chi connectivity index (χ1) is 11.9. The molecule has 1 aliphatic heterocycles. The molecule has 1 aromatic carbocycles. The molecule has 0 amide bonds. The summed E-state index contributed by atoms with van der Waals surface area (Å²) in [5, 5.41) is 4.73. The minimum absolute atomic E-state index is 0.618. The van der Waals surface area contributed by atoms with E-state index in [1.165, 1.54) is 50.7 Å². The zero-order valence-electron chi connectivity index (χ0n) is 13.5. The molecule has 24 heavy (non-hydrogen) atoms. The quantitative estimate of drug-likeness (QED) is 0.596. The molecule has 120 valence electrons. The maximum Gasteiger partial charge on any atom is 0.0963 e. The Bertz CT molecular complexity index is 893. The van der Waals surface area contributed by atoms with Crippen molar-refractivity contribution >= 4 is 11.3 Å². The third kappa shape index (κ3) is 2.29. The van der Waals surface area contributed by atoms with Gasteiger partial charge in [0.25, 0.3) is 0 Å². The van der Waals surface area contributed by atoms with E-state index in [-0.39, 0.29) is 0 Å². The van der Waals surface area contributed by atoms with E-state index in [9.17, 15) is 0 Å². The zero-order chi connectivity index (χ0) is 15.9. The minimum Gasteiger partial charge on any atom is -0.317 e. The van der Waals surface area contributed by atoms with Gasteiger partial charge in [0.05, 0.1) is 15.6 Å². The van der Waals surface area contributed by atoms with Gasteiger partial charge in [0.15, 0.2) is 0 Å². The number of thiazole rings is 1. The fourth-order valence-corrected chi connectivity index (χ4v) is 5.03. The van der Waals surface area contributed by atoms with Gasteiger partial charge in [-0.25, -0.2) is 4.98 Å². The van der Waals surface area contributed by atoms with Gasteiger partial charge in [-0.05, 0) is 43.1 Å². The summed E-state index contributed by atoms with van der Waals surface area (Å²) in [6.07, 6.45) is 7.36. The van der Waals surface area contributed by atoms with Gasteiger partial charge in [-0.3, -0.25) is 4.98 Å². The summed E-state index contributed by atoms with van der Waals surface area (Å²) >= 11 is 1.87. The molecule has 0 unspecified atom stereocenters. The second-order valence-corrected chi connectivity index (χ2v) is 7.66. The third-order valence-electron chi connectivity index (χ3n) is 5.15. The molecule has 5 rings (SSSR count). The zero-order valence-corrected chi connectivity index (χ0v) is 14.3. The van der Waals surface area contributed by atoms with Crippen LogP contribution in [0, 0.1) is 0 Å². The smallest absolute Gasteiger partial charge is 0.0963 e. The Morgan fingerprint density at radius 1 is 1.00 bits per heavy atom. The summed E-state index contributed by atoms with van der Waals surface area (Å²) in [5.41, 5.74) is 6.53. The summed E-state index contributed by atoms with van der Waals surface area (Å²) in [5.74, 6) is 0.618. The largest absolute Gasteiger partial charge is 0.317 e. The second kappa shape index (κ2) is 5.80. The van der Waals surface area contributed by atoms with Crippen molar-refractivity contribution in [1.82, 2.24) is 15.3 Å². The second-order valence-electron chi connectivity index (χ2n) is 6.60. The molecular formula is C20H19N3S. The Morgan fingerprint density at radius 3 is 2.79 bits per heavy atom. The Kier molecular flexibility index (Phi) is 3.46. The lowest BCUT2D eigenvalue weighted by Crippen LogP contribution is -2.26. The summed E-state index contributed by atoms with van der Waals surface area (Å²) in [4.78, 5) is 10.7. The number of benzene rings is 1. The fraction of sp³-hybridized carbons (Fsp3) is 0.300. The predicted molar refractivity (Wildman–Crippen MR) is 98.4 cm³/mol. The van der Waals surface area contributed by atoms with Gasteiger partial charge in [-0.15, -0.1) is 11.3 Å². The number of hydrogen-bond acceptors (Lipinski definition) is 4. The Hall–Kier alpha value is -2.04. The molecule has 2 aromatic heterocycles. The van der Waals surface area contributed by atoms with Crippen LogP contribution in [0.15, 0.2) is 42.7 Å². The fourth-order valence-electron chi connectivity index (χ4n) is 3.91. The summed E-state index contributed by atoms with van der Waals surface area (Å²) in [6.45, 7) is 2.22. The third-order valence-corrected chi connectivity index (χ3v) is 6.34. The molecule has 0 atom stereocenters. The lowest BCUT2D eigenvalue weighted by Gasteiger charge is -2.20. The van der Waals surface area contributed by atoms with Crippen molar-refractivity contribution < 1.29 is 0 Å². The molecule has 0 bridgehead atoms. The van der Waals surface area contributed by atoms with Crippen LogP contribution in [0.1, 0.15) is 35.0 Å². The van der Waals surface area contributed by atoms with E-state index in [4.69, 9.17) is 4.98 Å². The first-order valence-electron chi connectivity index (χ1n) is 8.63. The molecule has 1 aliphatic carbocycles. The van der Waals surface area contributed by atoms with Gasteiger partial charge in [-0.2, -0.15) is 0 Å². The molecule has 3 nitrogen and oxygen atoms in total. The summed E-state index contributed by atoms with van der Waals surface area (Å²) in [6, 6.07) is 10.8. The van der Waals surface area contributed by atoms with Gasteiger partial charge in [0.1, 0.15) is 0 Å². The molecule has 2 aliphatic rings. The molecule has 3 aromatic rings. The van der Waals surface area contributed by atoms with Crippen LogP contribution in [-0.2, 0) is 6.42 Å². The highest BCUT2D eigenvalue weighted by Gasteiger charge is 2.24. The Morgan fingerprint density at radius 2 is 1.88 bits per heavy atom. The van der Waals surface area contributed by atoms with Crippen molar-refractivity contribution in [2.24, 2.45) is 0 Å². The average molecular weight is 333 g/mol. The van der Waals surface area contributed by atoms with Crippen molar-refractivity contribution in [3.8, 4) is 21.6 Å². The number of piperidine rings is 1. The van der Waals surface area contributed by atoms with Gasteiger partial charge in [0.2, 0.25) is 0 Å². The van der Waals surface area contributed by atoms with Gasteiger partial charge < -0.3 is 5.32 Å². The molecule has 4 heteroatoms. The van der Waals surface area contributed by atoms with E-state index in [1.54, 1.807) is 0 Å². The van der Waals surface area contributed by atoms with Crippen LogP contribution in [0.2, 0.25) is 0 Å². The number of nitrogens with zero attached hydrogens (tertiary/aromatic N) is 2. The van der Waals surface area contributed by atoms with E-state index >= 15 is 0 Å². The van der Waals surface area contributed by atoms with Gasteiger partial charge in [0, 0.05) is 35.9 Å². The predicted octanol–water partition coefficient (Wildman–Crippen LogP) is 4.24. The minimum atomic E-state index is 0.618. The lowest BCUT2D eigenvalue weighted by atomic mass is 9.99. The molecule has 0 spiro atoms. The van der Waals surface area contributed by atoms with E-state index in [1.807, 2.05) is 17.5 Å². The number of hydrogen-bond donors (Lipinski definition) is 1. The highest BCUT2D eigenvalue weighted by molar-refractivity contribution is 7.15. The monoisotopic (exact) mass is 333 g/mol. The molecule has 1 saturated heterocycles. The van der Waals surface area contributed by atoms with Crippen LogP contribution in [0.25, 0.3) is 21.6 Å². The van der Waals surface area contributed by atoms with Crippen LogP contribution < -0.4 is 5.32 Å². The summed E-state index contributed by atoms with van der Waals surface area (Å²) in [7, 11) is 0. The van der Waals surface area contributed by atoms with Crippen molar-refractivity contribution in [1.29, 1.82) is 0 Å². The van der Waals surface area contributed by atoms with Crippen LogP contribution in [0.3, 0.4) is 0 Å². The molecule has 1 fully saturated rings. The van der Waals surface area contributed by atoms with Crippen molar-refractivity contribution in [2.75, 3.05) is 13.1 Å². The summed E-state index contributed by atoms with van der Waals surface area (Å²) < 4.78 is 0. The molecular weight excluding hydrogens is 314 g/mol. The van der Waals surface area contributed by atoms with Crippen molar-refractivity contribution in [3.05, 3.63) is 59.0 Å². The SMILES string of the molecule is c1ccc2c(c1)Cc1nccc(-c3cnc(C4CCNCC4)s3)c1-2. The number of pyridine rings is 1. The normalized spacial score (nSPS) is 16.8. The number of fused-ring (bicyclic) bond motifs is 3. The number of rotatable bonds is 2. The maximum atomic E-state index is 4.77. The standard InChI is InChI=1S/C20H19N3S/c1-2-4-15-14(3-1)11-17-19(15)16(7-10-22-17)18-12-23-20(24-18)13-5-8-21-9-6-13/h1-4,7,10,12-13,21H,5-6,8-9,11H2.